The first kappa shape index (κ1) is 13.4. The first-order chi connectivity index (χ1) is 8.52. The zero-order valence-corrected chi connectivity index (χ0v) is 12.0. The molecule has 0 radical (unpaired) electrons. The molecular formula is C16H25NO. The predicted octanol–water partition coefficient (Wildman–Crippen LogP) is 3.71. The topological polar surface area (TPSA) is 21.3 Å². The summed E-state index contributed by atoms with van der Waals surface area (Å²) in [4.78, 5) is 0. The molecule has 2 rings (SSSR count). The highest BCUT2D eigenvalue weighted by atomic mass is 16.5. The molecule has 1 unspecified atom stereocenters. The Bertz CT molecular complexity index is 412. The Balaban J connectivity index is 1.99. The molecule has 0 amide bonds. The molecule has 18 heavy (non-hydrogen) atoms. The minimum Gasteiger partial charge on any atom is -0.493 e. The molecule has 100 valence electrons. The normalized spacial score (nSPS) is 16.2. The summed E-state index contributed by atoms with van der Waals surface area (Å²) in [7, 11) is 0. The van der Waals surface area contributed by atoms with Crippen LogP contribution >= 0.6 is 0 Å². The maximum Gasteiger partial charge on any atom is 0.122 e. The zero-order chi connectivity index (χ0) is 13.2. The van der Waals surface area contributed by atoms with E-state index >= 15 is 0 Å². The maximum atomic E-state index is 5.54. The van der Waals surface area contributed by atoms with Gasteiger partial charge in [0, 0.05) is 19.0 Å². The molecule has 1 heterocycles. The minimum absolute atomic E-state index is 0.369. The lowest BCUT2D eigenvalue weighted by atomic mass is 9.90. The number of nitrogens with one attached hydrogen (secondary N) is 1. The van der Waals surface area contributed by atoms with Crippen LogP contribution < -0.4 is 10.1 Å². The Morgan fingerprint density at radius 2 is 2.17 bits per heavy atom. The van der Waals surface area contributed by atoms with E-state index in [4.69, 9.17) is 4.74 Å². The van der Waals surface area contributed by atoms with Crippen LogP contribution in [-0.2, 0) is 6.42 Å². The SMILES string of the molecule is CCC(C)(C)CNC(C)c1ccc2c(c1)CCO2. The molecule has 0 aliphatic carbocycles. The summed E-state index contributed by atoms with van der Waals surface area (Å²) in [5, 5.41) is 3.64. The smallest absolute Gasteiger partial charge is 0.122 e. The van der Waals surface area contributed by atoms with Gasteiger partial charge in [-0.25, -0.2) is 0 Å². The van der Waals surface area contributed by atoms with Crippen LogP contribution in [0.5, 0.6) is 5.75 Å². The predicted molar refractivity (Wildman–Crippen MR) is 76.1 cm³/mol. The van der Waals surface area contributed by atoms with Crippen molar-refractivity contribution in [3.05, 3.63) is 29.3 Å². The summed E-state index contributed by atoms with van der Waals surface area (Å²) in [6.45, 7) is 11.0. The summed E-state index contributed by atoms with van der Waals surface area (Å²) in [6.07, 6.45) is 2.25. The van der Waals surface area contributed by atoms with Crippen LogP contribution in [0.3, 0.4) is 0 Å². The molecule has 1 aromatic carbocycles. The quantitative estimate of drug-likeness (QED) is 0.856. The van der Waals surface area contributed by atoms with E-state index in [2.05, 4.69) is 51.2 Å². The molecule has 2 nitrogen and oxygen atoms in total. The van der Waals surface area contributed by atoms with Crippen molar-refractivity contribution < 1.29 is 4.74 Å². The zero-order valence-electron chi connectivity index (χ0n) is 12.0. The van der Waals surface area contributed by atoms with Crippen LogP contribution in [0.4, 0.5) is 0 Å². The van der Waals surface area contributed by atoms with Gasteiger partial charge < -0.3 is 10.1 Å². The lowest BCUT2D eigenvalue weighted by molar-refractivity contribution is 0.314. The van der Waals surface area contributed by atoms with Crippen molar-refractivity contribution in [3.63, 3.8) is 0 Å². The van der Waals surface area contributed by atoms with Gasteiger partial charge in [0.25, 0.3) is 0 Å². The van der Waals surface area contributed by atoms with Gasteiger partial charge in [-0.3, -0.25) is 0 Å². The molecule has 0 bridgehead atoms. The minimum atomic E-state index is 0.369. The van der Waals surface area contributed by atoms with Crippen molar-refractivity contribution in [2.24, 2.45) is 5.41 Å². The Morgan fingerprint density at radius 1 is 1.39 bits per heavy atom. The summed E-state index contributed by atoms with van der Waals surface area (Å²) in [6, 6.07) is 6.99. The van der Waals surface area contributed by atoms with E-state index in [-0.39, 0.29) is 0 Å². The molecule has 0 spiro atoms. The average Bonchev–Trinajstić information content (AvgIpc) is 2.83. The van der Waals surface area contributed by atoms with Crippen molar-refractivity contribution in [3.8, 4) is 5.75 Å². The molecule has 1 aromatic rings. The lowest BCUT2D eigenvalue weighted by Crippen LogP contribution is -2.30. The average molecular weight is 247 g/mol. The van der Waals surface area contributed by atoms with Gasteiger partial charge in [-0.1, -0.05) is 32.9 Å². The van der Waals surface area contributed by atoms with Gasteiger partial charge >= 0.3 is 0 Å². The van der Waals surface area contributed by atoms with Crippen molar-refractivity contribution in [2.45, 2.75) is 46.6 Å². The molecule has 0 saturated heterocycles. The third-order valence-electron chi connectivity index (χ3n) is 4.06. The molecule has 2 heteroatoms. The second-order valence-corrected chi connectivity index (χ2v) is 6.09. The van der Waals surface area contributed by atoms with E-state index in [1.165, 1.54) is 17.5 Å². The van der Waals surface area contributed by atoms with Gasteiger partial charge in [0.05, 0.1) is 6.61 Å². The monoisotopic (exact) mass is 247 g/mol. The summed E-state index contributed by atoms with van der Waals surface area (Å²) in [5.74, 6) is 1.07. The molecule has 1 aliphatic rings. The van der Waals surface area contributed by atoms with Crippen LogP contribution in [0.25, 0.3) is 0 Å². The van der Waals surface area contributed by atoms with Crippen LogP contribution in [-0.4, -0.2) is 13.2 Å². The van der Waals surface area contributed by atoms with Crippen molar-refractivity contribution in [1.82, 2.24) is 5.32 Å². The van der Waals surface area contributed by atoms with Gasteiger partial charge in [-0.05, 0) is 36.0 Å². The molecule has 1 atom stereocenters. The standard InChI is InChI=1S/C16H25NO/c1-5-16(3,4)11-17-12(2)13-6-7-15-14(10-13)8-9-18-15/h6-7,10,12,17H,5,8-9,11H2,1-4H3. The first-order valence-corrected chi connectivity index (χ1v) is 7.01. The number of benzene rings is 1. The largest absolute Gasteiger partial charge is 0.493 e. The van der Waals surface area contributed by atoms with Gasteiger partial charge in [-0.2, -0.15) is 0 Å². The fraction of sp³-hybridized carbons (Fsp3) is 0.625. The summed E-state index contributed by atoms with van der Waals surface area (Å²) < 4.78 is 5.54. The molecule has 1 aliphatic heterocycles. The number of rotatable bonds is 5. The first-order valence-electron chi connectivity index (χ1n) is 7.01. The number of fused-ring (bicyclic) bond motifs is 1. The lowest BCUT2D eigenvalue weighted by Gasteiger charge is -2.26. The summed E-state index contributed by atoms with van der Waals surface area (Å²) >= 11 is 0. The third kappa shape index (κ3) is 3.05. The molecular weight excluding hydrogens is 222 g/mol. The van der Waals surface area contributed by atoms with Gasteiger partial charge in [0.1, 0.15) is 5.75 Å². The van der Waals surface area contributed by atoms with Crippen molar-refractivity contribution >= 4 is 0 Å². The van der Waals surface area contributed by atoms with Gasteiger partial charge in [0.15, 0.2) is 0 Å². The van der Waals surface area contributed by atoms with Crippen LogP contribution in [0.1, 0.15) is 51.3 Å². The van der Waals surface area contributed by atoms with Gasteiger partial charge in [0.2, 0.25) is 0 Å². The van der Waals surface area contributed by atoms with E-state index < -0.39 is 0 Å². The second kappa shape index (κ2) is 5.31. The highest BCUT2D eigenvalue weighted by Gasteiger charge is 2.18. The van der Waals surface area contributed by atoms with Gasteiger partial charge in [-0.15, -0.1) is 0 Å². The van der Waals surface area contributed by atoms with Crippen LogP contribution in [0.15, 0.2) is 18.2 Å². The molecule has 0 fully saturated rings. The molecule has 0 aromatic heterocycles. The highest BCUT2D eigenvalue weighted by molar-refractivity contribution is 5.40. The fourth-order valence-corrected chi connectivity index (χ4v) is 2.15. The molecule has 1 N–H and O–H groups in total. The Labute approximate surface area is 111 Å². The third-order valence-corrected chi connectivity index (χ3v) is 4.06. The van der Waals surface area contributed by atoms with Crippen LogP contribution in [0.2, 0.25) is 0 Å². The van der Waals surface area contributed by atoms with E-state index in [9.17, 15) is 0 Å². The molecule has 0 saturated carbocycles. The Morgan fingerprint density at radius 3 is 2.89 bits per heavy atom. The second-order valence-electron chi connectivity index (χ2n) is 6.09. The van der Waals surface area contributed by atoms with E-state index in [0.29, 0.717) is 11.5 Å². The van der Waals surface area contributed by atoms with Crippen LogP contribution in [0, 0.1) is 5.41 Å². The van der Waals surface area contributed by atoms with Crippen molar-refractivity contribution in [1.29, 1.82) is 0 Å². The van der Waals surface area contributed by atoms with E-state index in [1.54, 1.807) is 0 Å². The Kier molecular flexibility index (Phi) is 3.96. The maximum absolute atomic E-state index is 5.54. The fourth-order valence-electron chi connectivity index (χ4n) is 2.15. The van der Waals surface area contributed by atoms with E-state index in [0.717, 1.165) is 25.3 Å². The number of hydrogen-bond acceptors (Lipinski definition) is 2. The highest BCUT2D eigenvalue weighted by Crippen LogP contribution is 2.28. The van der Waals surface area contributed by atoms with E-state index in [1.807, 2.05) is 0 Å². The Hall–Kier alpha value is -1.02. The number of hydrogen-bond donors (Lipinski definition) is 1. The number of ether oxygens (including phenoxy) is 1. The van der Waals surface area contributed by atoms with Crippen molar-refractivity contribution in [2.75, 3.05) is 13.2 Å². The summed E-state index contributed by atoms with van der Waals surface area (Å²) in [5.41, 5.74) is 3.09.